The first kappa shape index (κ1) is 41.5. The van der Waals surface area contributed by atoms with E-state index in [1.807, 2.05) is 37.3 Å². The quantitative estimate of drug-likeness (QED) is 0.155. The maximum Gasteiger partial charge on any atom is 0.0650 e. The van der Waals surface area contributed by atoms with Crippen LogP contribution in [-0.4, -0.2) is 13.1 Å². The number of hydrogen-bond donors (Lipinski definition) is 3. The summed E-state index contributed by atoms with van der Waals surface area (Å²) in [5, 5.41) is 9.56. The van der Waals surface area contributed by atoms with E-state index in [2.05, 4.69) is 127 Å². The van der Waals surface area contributed by atoms with Crippen LogP contribution >= 0.6 is 11.8 Å². The van der Waals surface area contributed by atoms with E-state index in [1.165, 1.54) is 16.7 Å². The van der Waals surface area contributed by atoms with Crippen molar-refractivity contribution in [1.29, 1.82) is 0 Å². The van der Waals surface area contributed by atoms with Crippen LogP contribution in [0.2, 0.25) is 0 Å². The number of rotatable bonds is 17. The molecule has 0 fully saturated rings. The number of allylic oxidation sites excluding steroid dienone is 10. The molecule has 3 nitrogen and oxygen atoms in total. The third kappa shape index (κ3) is 25.8. The number of nitrogens with one attached hydrogen (secondary N) is 2. The molecule has 1 aromatic carbocycles. The maximum atomic E-state index is 5.52. The fraction of sp³-hybridized carbons (Fsp3) is 0.333. The van der Waals surface area contributed by atoms with Gasteiger partial charge in [0, 0.05) is 30.9 Å². The van der Waals surface area contributed by atoms with E-state index >= 15 is 0 Å². The summed E-state index contributed by atoms with van der Waals surface area (Å²) < 4.78 is 0. The van der Waals surface area contributed by atoms with E-state index < -0.39 is 0 Å². The molecule has 4 heteroatoms. The minimum atomic E-state index is 0.565. The minimum absolute atomic E-state index is 0.565. The van der Waals surface area contributed by atoms with Crippen molar-refractivity contribution in [1.82, 2.24) is 10.6 Å². The van der Waals surface area contributed by atoms with E-state index in [-0.39, 0.29) is 0 Å². The molecule has 0 saturated carbocycles. The topological polar surface area (TPSA) is 50.1 Å². The van der Waals surface area contributed by atoms with Gasteiger partial charge in [0.05, 0.1) is 5.03 Å². The average Bonchev–Trinajstić information content (AvgIpc) is 2.99. The zero-order valence-corrected chi connectivity index (χ0v) is 29.0. The fourth-order valence-electron chi connectivity index (χ4n) is 2.80. The first-order valence-electron chi connectivity index (χ1n) is 15.1. The maximum absolute atomic E-state index is 5.52. The molecule has 0 saturated heterocycles. The van der Waals surface area contributed by atoms with E-state index in [0.717, 1.165) is 54.2 Å². The van der Waals surface area contributed by atoms with Gasteiger partial charge in [-0.2, -0.15) is 0 Å². The van der Waals surface area contributed by atoms with Crippen LogP contribution in [0.15, 0.2) is 150 Å². The van der Waals surface area contributed by atoms with Gasteiger partial charge in [0.15, 0.2) is 0 Å². The van der Waals surface area contributed by atoms with Crippen molar-refractivity contribution in [2.24, 2.45) is 11.7 Å². The van der Waals surface area contributed by atoms with Crippen LogP contribution < -0.4 is 16.4 Å². The monoisotopic (exact) mass is 601 g/mol. The molecule has 236 valence electrons. The molecule has 1 unspecified atom stereocenters. The highest BCUT2D eigenvalue weighted by molar-refractivity contribution is 8.05. The Morgan fingerprint density at radius 3 is 2.12 bits per heavy atom. The molecule has 0 radical (unpaired) electrons. The molecule has 0 aliphatic heterocycles. The second-order valence-electron chi connectivity index (χ2n) is 10.2. The van der Waals surface area contributed by atoms with Crippen LogP contribution in [0.25, 0.3) is 0 Å². The van der Waals surface area contributed by atoms with Gasteiger partial charge in [-0.1, -0.05) is 156 Å². The lowest BCUT2D eigenvalue weighted by Gasteiger charge is -2.11. The first-order valence-corrected chi connectivity index (χ1v) is 15.9. The molecule has 0 aliphatic carbocycles. The van der Waals surface area contributed by atoms with Crippen LogP contribution in [0.4, 0.5) is 0 Å². The lowest BCUT2D eigenvalue weighted by molar-refractivity contribution is 0.697. The summed E-state index contributed by atoms with van der Waals surface area (Å²) >= 11 is 1.62. The Morgan fingerprint density at radius 1 is 0.977 bits per heavy atom. The summed E-state index contributed by atoms with van der Waals surface area (Å²) in [7, 11) is 0. The molecule has 0 aliphatic rings. The van der Waals surface area contributed by atoms with Crippen molar-refractivity contribution in [3.63, 3.8) is 0 Å². The molecule has 0 bridgehead atoms. The predicted molar refractivity (Wildman–Crippen MR) is 200 cm³/mol. The molecule has 0 heterocycles. The number of benzene rings is 1. The van der Waals surface area contributed by atoms with Gasteiger partial charge in [-0.05, 0) is 62.2 Å². The van der Waals surface area contributed by atoms with Gasteiger partial charge >= 0.3 is 0 Å². The minimum Gasteiger partial charge on any atom is -0.402 e. The summed E-state index contributed by atoms with van der Waals surface area (Å²) in [6.07, 6.45) is 17.2. The summed E-state index contributed by atoms with van der Waals surface area (Å²) in [5.74, 6) is 0.565. The highest BCUT2D eigenvalue weighted by Gasteiger charge is 1.99. The van der Waals surface area contributed by atoms with E-state index in [1.54, 1.807) is 17.8 Å². The van der Waals surface area contributed by atoms with Crippen LogP contribution in [0.3, 0.4) is 0 Å². The molecule has 1 aromatic rings. The second-order valence-corrected chi connectivity index (χ2v) is 11.2. The molecule has 1 rings (SSSR count). The molecular weight excluding hydrogens is 543 g/mol. The normalized spacial score (nSPS) is 12.4. The summed E-state index contributed by atoms with van der Waals surface area (Å²) in [6, 6.07) is 10.3. The van der Waals surface area contributed by atoms with Gasteiger partial charge in [-0.15, -0.1) is 0 Å². The lowest BCUT2D eigenvalue weighted by atomic mass is 10.1. The predicted octanol–water partition coefficient (Wildman–Crippen LogP) is 10.8. The van der Waals surface area contributed by atoms with Gasteiger partial charge in [0.25, 0.3) is 0 Å². The Bertz CT molecular complexity index is 1130. The van der Waals surface area contributed by atoms with Gasteiger partial charge in [-0.25, -0.2) is 0 Å². The van der Waals surface area contributed by atoms with Crippen LogP contribution in [0.1, 0.15) is 66.4 Å². The van der Waals surface area contributed by atoms with E-state index in [9.17, 15) is 0 Å². The van der Waals surface area contributed by atoms with Gasteiger partial charge in [0.1, 0.15) is 0 Å². The Morgan fingerprint density at radius 2 is 1.63 bits per heavy atom. The van der Waals surface area contributed by atoms with Gasteiger partial charge in [-0.3, -0.25) is 0 Å². The third-order valence-corrected chi connectivity index (χ3v) is 6.98. The van der Waals surface area contributed by atoms with Crippen molar-refractivity contribution in [3.8, 4) is 0 Å². The van der Waals surface area contributed by atoms with E-state index in [4.69, 9.17) is 5.73 Å². The Balaban J connectivity index is 0. The molecule has 43 heavy (non-hydrogen) atoms. The molecule has 1 atom stereocenters. The molecular formula is C39H59N3S. The van der Waals surface area contributed by atoms with Crippen LogP contribution in [0.5, 0.6) is 0 Å². The molecule has 4 N–H and O–H groups in total. The largest absolute Gasteiger partial charge is 0.402 e. The van der Waals surface area contributed by atoms with E-state index in [0.29, 0.717) is 11.6 Å². The Kier molecular flexibility index (Phi) is 26.3. The van der Waals surface area contributed by atoms with Crippen molar-refractivity contribution in [2.75, 3.05) is 13.1 Å². The molecule has 0 amide bonds. The highest BCUT2D eigenvalue weighted by Crippen LogP contribution is 2.19. The summed E-state index contributed by atoms with van der Waals surface area (Å²) in [6.45, 7) is 35.9. The second kappa shape index (κ2) is 27.2. The van der Waals surface area contributed by atoms with Crippen molar-refractivity contribution in [3.05, 3.63) is 155 Å². The van der Waals surface area contributed by atoms with Crippen molar-refractivity contribution < 1.29 is 0 Å². The number of aryl methyl sites for hydroxylation is 1. The fourth-order valence-corrected chi connectivity index (χ4v) is 3.45. The Labute approximate surface area is 269 Å². The SMILES string of the molecule is C=C(NCCC)S/C=C(\C)C(=C)/C=C\C(C)=C/C.C=C/C=C(\C=C/C(C)CC)C(=C)NCCC(=C)N.Cc1ccccc1. The first-order chi connectivity index (χ1) is 20.4. The third-order valence-electron chi connectivity index (χ3n) is 6.08. The lowest BCUT2D eigenvalue weighted by Crippen LogP contribution is -2.17. The number of thioether (sulfide) groups is 1. The highest BCUT2D eigenvalue weighted by atomic mass is 32.2. The summed E-state index contributed by atoms with van der Waals surface area (Å²) in [4.78, 5) is 0. The van der Waals surface area contributed by atoms with Crippen LogP contribution in [-0.2, 0) is 0 Å². The van der Waals surface area contributed by atoms with Crippen molar-refractivity contribution >= 4 is 11.8 Å². The number of nitrogens with two attached hydrogens (primary N) is 1. The zero-order chi connectivity index (χ0) is 33.0. The smallest absolute Gasteiger partial charge is 0.0650 e. The van der Waals surface area contributed by atoms with Crippen molar-refractivity contribution in [2.45, 2.75) is 67.7 Å². The zero-order valence-electron chi connectivity index (χ0n) is 28.1. The Hall–Kier alpha value is -3.63. The summed E-state index contributed by atoms with van der Waals surface area (Å²) in [5.41, 5.74) is 12.9. The molecule has 0 spiro atoms. The molecule has 0 aromatic heterocycles. The van der Waals surface area contributed by atoms with Crippen LogP contribution in [0, 0.1) is 12.8 Å². The average molecular weight is 602 g/mol. The van der Waals surface area contributed by atoms with Gasteiger partial charge < -0.3 is 16.4 Å². The number of hydrogen-bond acceptors (Lipinski definition) is 4. The van der Waals surface area contributed by atoms with Gasteiger partial charge in [0.2, 0.25) is 0 Å². The standard InChI is InChI=1S/C16H26N2.C16H25NS.C7H8/c1-6-8-16(10-9-13(3)7-2)15(5)18-12-11-14(4)17;1-7-11-17-16(6)18-12-15(5)14(4)10-9-13(3)8-2;1-7-5-3-2-4-6-7/h6,8-10,13,18H,1,4-5,7,11-12,17H2,2-3H3;8-10,12,17H,4,6-7,11H2,1-3,5H3;2-6H,1H3/b10-9-,16-8+;10-9-,13-8-,15-12+;.